The van der Waals surface area contributed by atoms with Gasteiger partial charge in [0.1, 0.15) is 5.69 Å². The summed E-state index contributed by atoms with van der Waals surface area (Å²) in [7, 11) is 0. The second-order valence-corrected chi connectivity index (χ2v) is 6.32. The van der Waals surface area contributed by atoms with E-state index >= 15 is 0 Å². The number of nitrogens with two attached hydrogens (primary N) is 1. The van der Waals surface area contributed by atoms with Gasteiger partial charge in [-0.2, -0.15) is 0 Å². The zero-order valence-corrected chi connectivity index (χ0v) is 13.9. The van der Waals surface area contributed by atoms with Crippen LogP contribution < -0.4 is 10.6 Å². The lowest BCUT2D eigenvalue weighted by atomic mass is 10.1. The zero-order chi connectivity index (χ0) is 16.4. The highest BCUT2D eigenvalue weighted by atomic mass is 35.5. The fourth-order valence-corrected chi connectivity index (χ4v) is 3.14. The summed E-state index contributed by atoms with van der Waals surface area (Å²) in [4.78, 5) is 22.6. The van der Waals surface area contributed by atoms with Gasteiger partial charge in [-0.25, -0.2) is 9.97 Å². The zero-order valence-electron chi connectivity index (χ0n) is 12.4. The molecule has 7 heteroatoms. The van der Waals surface area contributed by atoms with Crippen LogP contribution in [0.5, 0.6) is 0 Å². The molecular formula is C16H16Cl2N4O. The van der Waals surface area contributed by atoms with Gasteiger partial charge >= 0.3 is 0 Å². The molecule has 2 aromatic rings. The van der Waals surface area contributed by atoms with Crippen LogP contribution in [-0.2, 0) is 0 Å². The minimum atomic E-state index is -0.586. The van der Waals surface area contributed by atoms with Gasteiger partial charge in [0.2, 0.25) is 5.95 Å². The minimum absolute atomic E-state index is 0.182. The molecule has 2 heterocycles. The van der Waals surface area contributed by atoms with Crippen molar-refractivity contribution >= 4 is 35.1 Å². The van der Waals surface area contributed by atoms with Crippen LogP contribution in [0.25, 0.3) is 11.3 Å². The smallest absolute Gasteiger partial charge is 0.267 e. The number of benzene rings is 1. The summed E-state index contributed by atoms with van der Waals surface area (Å²) in [5, 5.41) is 1.01. The Bertz CT molecular complexity index is 745. The molecule has 120 valence electrons. The highest BCUT2D eigenvalue weighted by Crippen LogP contribution is 2.30. The third-order valence-electron chi connectivity index (χ3n) is 3.81. The van der Waals surface area contributed by atoms with Crippen LogP contribution in [0, 0.1) is 0 Å². The monoisotopic (exact) mass is 350 g/mol. The third kappa shape index (κ3) is 3.57. The van der Waals surface area contributed by atoms with E-state index in [0.29, 0.717) is 27.3 Å². The van der Waals surface area contributed by atoms with Crippen LogP contribution in [-0.4, -0.2) is 29.0 Å². The van der Waals surface area contributed by atoms with Crippen LogP contribution in [0.4, 0.5) is 5.95 Å². The number of piperidine rings is 1. The molecule has 5 nitrogen and oxygen atoms in total. The van der Waals surface area contributed by atoms with E-state index in [1.807, 2.05) is 0 Å². The van der Waals surface area contributed by atoms with Gasteiger partial charge in [0.05, 0.1) is 10.7 Å². The largest absolute Gasteiger partial charge is 0.364 e. The lowest BCUT2D eigenvalue weighted by Crippen LogP contribution is -2.31. The summed E-state index contributed by atoms with van der Waals surface area (Å²) >= 11 is 12.2. The van der Waals surface area contributed by atoms with Gasteiger partial charge in [-0.05, 0) is 43.5 Å². The van der Waals surface area contributed by atoms with Gasteiger partial charge in [-0.1, -0.05) is 23.2 Å². The molecule has 0 aliphatic carbocycles. The number of nitrogens with zero attached hydrogens (tertiary/aromatic N) is 3. The number of carbonyl (C=O) groups excluding carboxylic acids is 1. The Kier molecular flexibility index (Phi) is 4.68. The summed E-state index contributed by atoms with van der Waals surface area (Å²) in [5.74, 6) is -0.0704. The highest BCUT2D eigenvalue weighted by molar-refractivity contribution is 6.36. The predicted molar refractivity (Wildman–Crippen MR) is 92.1 cm³/mol. The maximum Gasteiger partial charge on any atom is 0.267 e. The van der Waals surface area contributed by atoms with E-state index < -0.39 is 5.91 Å². The molecule has 0 saturated carbocycles. The number of rotatable bonds is 3. The first-order chi connectivity index (χ1) is 11.0. The van der Waals surface area contributed by atoms with Crippen molar-refractivity contribution in [2.75, 3.05) is 18.0 Å². The Morgan fingerprint density at radius 3 is 2.48 bits per heavy atom. The van der Waals surface area contributed by atoms with Crippen molar-refractivity contribution in [1.82, 2.24) is 9.97 Å². The predicted octanol–water partition coefficient (Wildman–Crippen LogP) is 3.54. The van der Waals surface area contributed by atoms with E-state index in [9.17, 15) is 4.79 Å². The summed E-state index contributed by atoms with van der Waals surface area (Å²) in [6, 6.07) is 6.71. The van der Waals surface area contributed by atoms with Crippen molar-refractivity contribution in [3.63, 3.8) is 0 Å². The summed E-state index contributed by atoms with van der Waals surface area (Å²) in [5.41, 5.74) is 6.86. The van der Waals surface area contributed by atoms with Crippen molar-refractivity contribution in [2.24, 2.45) is 5.73 Å². The van der Waals surface area contributed by atoms with Crippen molar-refractivity contribution in [3.8, 4) is 11.3 Å². The van der Waals surface area contributed by atoms with E-state index in [-0.39, 0.29) is 5.69 Å². The molecule has 0 atom stereocenters. The Morgan fingerprint density at radius 1 is 1.09 bits per heavy atom. The molecule has 1 aliphatic rings. The Labute approximate surface area is 144 Å². The highest BCUT2D eigenvalue weighted by Gasteiger charge is 2.18. The lowest BCUT2D eigenvalue weighted by molar-refractivity contribution is 0.0995. The number of primary amides is 1. The normalized spacial score (nSPS) is 14.8. The molecule has 1 aromatic heterocycles. The fraction of sp³-hybridized carbons (Fsp3) is 0.312. The molecule has 3 rings (SSSR count). The number of aromatic nitrogens is 2. The average Bonchev–Trinajstić information content (AvgIpc) is 2.55. The van der Waals surface area contributed by atoms with Crippen LogP contribution in [0.3, 0.4) is 0 Å². The molecular weight excluding hydrogens is 335 g/mol. The first kappa shape index (κ1) is 16.0. The first-order valence-electron chi connectivity index (χ1n) is 7.44. The van der Waals surface area contributed by atoms with Gasteiger partial charge in [0.15, 0.2) is 0 Å². The molecule has 1 fully saturated rings. The van der Waals surface area contributed by atoms with Crippen LogP contribution in [0.15, 0.2) is 24.3 Å². The van der Waals surface area contributed by atoms with Gasteiger partial charge in [0.25, 0.3) is 5.91 Å². The van der Waals surface area contributed by atoms with Gasteiger partial charge < -0.3 is 10.6 Å². The molecule has 1 aliphatic heterocycles. The second kappa shape index (κ2) is 6.72. The molecule has 2 N–H and O–H groups in total. The van der Waals surface area contributed by atoms with Crippen molar-refractivity contribution < 1.29 is 4.79 Å². The maximum absolute atomic E-state index is 11.6. The molecule has 1 saturated heterocycles. The molecule has 0 spiro atoms. The number of anilines is 1. The van der Waals surface area contributed by atoms with Crippen LogP contribution in [0.2, 0.25) is 10.0 Å². The topological polar surface area (TPSA) is 72.1 Å². The van der Waals surface area contributed by atoms with E-state index in [4.69, 9.17) is 28.9 Å². The molecule has 1 aromatic carbocycles. The van der Waals surface area contributed by atoms with Crippen LogP contribution in [0.1, 0.15) is 29.8 Å². The van der Waals surface area contributed by atoms with Gasteiger partial charge in [-0.15, -0.1) is 0 Å². The fourth-order valence-electron chi connectivity index (χ4n) is 2.63. The van der Waals surface area contributed by atoms with E-state index in [0.717, 1.165) is 25.9 Å². The molecule has 0 radical (unpaired) electrons. The Balaban J connectivity index is 2.08. The minimum Gasteiger partial charge on any atom is -0.364 e. The van der Waals surface area contributed by atoms with E-state index in [2.05, 4.69) is 14.9 Å². The first-order valence-corrected chi connectivity index (χ1v) is 8.19. The third-order valence-corrected chi connectivity index (χ3v) is 4.36. The van der Waals surface area contributed by atoms with Gasteiger partial charge in [-0.3, -0.25) is 4.79 Å². The number of hydrogen-bond donors (Lipinski definition) is 1. The molecule has 0 unspecified atom stereocenters. The van der Waals surface area contributed by atoms with E-state index in [1.165, 1.54) is 6.42 Å². The Morgan fingerprint density at radius 2 is 1.83 bits per heavy atom. The maximum atomic E-state index is 11.6. The number of amides is 1. The van der Waals surface area contributed by atoms with Gasteiger partial charge in [0, 0.05) is 23.7 Å². The molecule has 1 amide bonds. The molecule has 0 bridgehead atoms. The number of halogens is 2. The van der Waals surface area contributed by atoms with Crippen molar-refractivity contribution in [2.45, 2.75) is 19.3 Å². The summed E-state index contributed by atoms with van der Waals surface area (Å²) in [6.07, 6.45) is 3.37. The lowest BCUT2D eigenvalue weighted by Gasteiger charge is -2.27. The molecule has 23 heavy (non-hydrogen) atoms. The van der Waals surface area contributed by atoms with E-state index in [1.54, 1.807) is 24.3 Å². The van der Waals surface area contributed by atoms with Crippen molar-refractivity contribution in [3.05, 3.63) is 40.0 Å². The SMILES string of the molecule is NC(=O)c1cc(-c2ccc(Cl)cc2Cl)nc(N2CCCCC2)n1. The number of carbonyl (C=O) groups is 1. The summed E-state index contributed by atoms with van der Waals surface area (Å²) < 4.78 is 0. The number of hydrogen-bond acceptors (Lipinski definition) is 4. The quantitative estimate of drug-likeness (QED) is 0.918. The second-order valence-electron chi connectivity index (χ2n) is 5.47. The van der Waals surface area contributed by atoms with Crippen LogP contribution >= 0.6 is 23.2 Å². The van der Waals surface area contributed by atoms with Crippen molar-refractivity contribution in [1.29, 1.82) is 0 Å². The average molecular weight is 351 g/mol. The standard InChI is InChI=1S/C16H16Cl2N4O/c17-10-4-5-11(12(18)8-10)13-9-14(15(19)23)21-16(20-13)22-6-2-1-3-7-22/h4-5,8-9H,1-3,6-7H2,(H2,19,23). The summed E-state index contributed by atoms with van der Waals surface area (Å²) in [6.45, 7) is 1.74. The Hall–Kier alpha value is -1.85.